The quantitative estimate of drug-likeness (QED) is 0.795. The van der Waals surface area contributed by atoms with E-state index in [1.807, 2.05) is 6.92 Å². The van der Waals surface area contributed by atoms with Crippen LogP contribution in [0.5, 0.6) is 5.75 Å². The van der Waals surface area contributed by atoms with Crippen molar-refractivity contribution >= 4 is 17.5 Å². The van der Waals surface area contributed by atoms with Gasteiger partial charge in [-0.05, 0) is 30.9 Å². The second kappa shape index (κ2) is 5.19. The number of aromatic hydroxyl groups is 1. The number of halogens is 1. The molecule has 3 nitrogen and oxygen atoms in total. The minimum Gasteiger partial charge on any atom is -0.507 e. The Hall–Kier alpha value is -1.22. The fourth-order valence-corrected chi connectivity index (χ4v) is 2.48. The van der Waals surface area contributed by atoms with Gasteiger partial charge >= 0.3 is 0 Å². The average Bonchev–Trinajstić information content (AvgIpc) is 2.35. The fraction of sp³-hybridized carbons (Fsp3) is 0.500. The van der Waals surface area contributed by atoms with E-state index in [1.54, 1.807) is 30.0 Å². The molecule has 1 saturated heterocycles. The zero-order valence-corrected chi connectivity index (χ0v) is 11.4. The molecule has 0 spiro atoms. The molecule has 0 radical (unpaired) electrons. The molecule has 2 rings (SSSR count). The molecule has 0 bridgehead atoms. The van der Waals surface area contributed by atoms with Crippen LogP contribution < -0.4 is 0 Å². The van der Waals surface area contributed by atoms with Gasteiger partial charge in [-0.1, -0.05) is 19.1 Å². The van der Waals surface area contributed by atoms with Crippen molar-refractivity contribution in [2.75, 3.05) is 13.1 Å². The van der Waals surface area contributed by atoms with Crippen molar-refractivity contribution in [1.29, 1.82) is 0 Å². The normalized spacial score (nSPS) is 24.1. The molecule has 1 aliphatic heterocycles. The number of carbonyl (C=O) groups excluding carboxylic acids is 1. The van der Waals surface area contributed by atoms with Gasteiger partial charge in [0.05, 0.1) is 5.56 Å². The monoisotopic (exact) mass is 267 g/mol. The molecular weight excluding hydrogens is 250 g/mol. The predicted octanol–water partition coefficient (Wildman–Crippen LogP) is 2.79. The standard InChI is InChI=1S/C14H18ClNO2/c1-9-4-3-5-11(13(9)17)14(18)16-7-6-12(15)10(2)8-16/h3-5,10,12,17H,6-8H2,1-2H3. The van der Waals surface area contributed by atoms with Crippen LogP contribution in [0.25, 0.3) is 0 Å². The summed E-state index contributed by atoms with van der Waals surface area (Å²) in [5.74, 6) is 0.270. The molecule has 0 aromatic heterocycles. The van der Waals surface area contributed by atoms with Crippen LogP contribution in [0.4, 0.5) is 0 Å². The van der Waals surface area contributed by atoms with Gasteiger partial charge < -0.3 is 10.0 Å². The largest absolute Gasteiger partial charge is 0.507 e. The van der Waals surface area contributed by atoms with Gasteiger partial charge in [-0.2, -0.15) is 0 Å². The van der Waals surface area contributed by atoms with E-state index in [0.29, 0.717) is 18.7 Å². The number of benzene rings is 1. The Bertz CT molecular complexity index is 461. The highest BCUT2D eigenvalue weighted by atomic mass is 35.5. The molecule has 1 aromatic carbocycles. The van der Waals surface area contributed by atoms with Crippen LogP contribution in [0.3, 0.4) is 0 Å². The molecule has 1 heterocycles. The van der Waals surface area contributed by atoms with Crippen LogP contribution in [0.2, 0.25) is 0 Å². The first-order valence-electron chi connectivity index (χ1n) is 6.22. The summed E-state index contributed by atoms with van der Waals surface area (Å²) in [4.78, 5) is 14.1. The molecule has 2 unspecified atom stereocenters. The van der Waals surface area contributed by atoms with E-state index >= 15 is 0 Å². The van der Waals surface area contributed by atoms with Crippen molar-refractivity contribution in [2.45, 2.75) is 25.6 Å². The van der Waals surface area contributed by atoms with Gasteiger partial charge in [0.2, 0.25) is 0 Å². The number of hydrogen-bond acceptors (Lipinski definition) is 2. The van der Waals surface area contributed by atoms with Crippen LogP contribution in [-0.4, -0.2) is 34.4 Å². The topological polar surface area (TPSA) is 40.5 Å². The lowest BCUT2D eigenvalue weighted by Gasteiger charge is -2.34. The minimum absolute atomic E-state index is 0.0863. The summed E-state index contributed by atoms with van der Waals surface area (Å²) >= 11 is 6.15. The second-order valence-corrected chi connectivity index (χ2v) is 5.56. The highest BCUT2D eigenvalue weighted by Crippen LogP contribution is 2.27. The van der Waals surface area contributed by atoms with Crippen molar-refractivity contribution in [3.05, 3.63) is 29.3 Å². The number of rotatable bonds is 1. The van der Waals surface area contributed by atoms with Crippen LogP contribution in [-0.2, 0) is 0 Å². The molecule has 1 amide bonds. The molecule has 1 fully saturated rings. The van der Waals surface area contributed by atoms with Gasteiger partial charge in [-0.15, -0.1) is 11.6 Å². The average molecular weight is 268 g/mol. The maximum absolute atomic E-state index is 12.3. The van der Waals surface area contributed by atoms with Crippen LogP contribution in [0.1, 0.15) is 29.3 Å². The number of phenols is 1. The Morgan fingerprint density at radius 2 is 2.22 bits per heavy atom. The number of phenolic OH excluding ortho intramolecular Hbond substituents is 1. The molecule has 18 heavy (non-hydrogen) atoms. The highest BCUT2D eigenvalue weighted by Gasteiger charge is 2.28. The number of aryl methyl sites for hydroxylation is 1. The highest BCUT2D eigenvalue weighted by molar-refractivity contribution is 6.20. The van der Waals surface area contributed by atoms with Gasteiger partial charge in [-0.25, -0.2) is 0 Å². The third-order valence-corrected chi connectivity index (χ3v) is 4.20. The van der Waals surface area contributed by atoms with E-state index in [-0.39, 0.29) is 23.0 Å². The first-order chi connectivity index (χ1) is 8.50. The van der Waals surface area contributed by atoms with Gasteiger partial charge in [0.1, 0.15) is 5.75 Å². The number of hydrogen-bond donors (Lipinski definition) is 1. The SMILES string of the molecule is Cc1cccc(C(=O)N2CCC(Cl)C(C)C2)c1O. The molecule has 1 aromatic rings. The molecule has 4 heteroatoms. The summed E-state index contributed by atoms with van der Waals surface area (Å²) in [6.07, 6.45) is 0.807. The summed E-state index contributed by atoms with van der Waals surface area (Å²) in [5.41, 5.74) is 1.11. The lowest BCUT2D eigenvalue weighted by Crippen LogP contribution is -2.43. The Labute approximate surface area is 112 Å². The first-order valence-corrected chi connectivity index (χ1v) is 6.66. The third-order valence-electron chi connectivity index (χ3n) is 3.56. The maximum atomic E-state index is 12.3. The number of para-hydroxylation sites is 1. The van der Waals surface area contributed by atoms with E-state index in [9.17, 15) is 9.90 Å². The maximum Gasteiger partial charge on any atom is 0.257 e. The molecule has 1 aliphatic rings. The first kappa shape index (κ1) is 13.2. The van der Waals surface area contributed by atoms with E-state index in [2.05, 4.69) is 0 Å². The Balaban J connectivity index is 2.19. The van der Waals surface area contributed by atoms with E-state index in [0.717, 1.165) is 12.0 Å². The summed E-state index contributed by atoms with van der Waals surface area (Å²) < 4.78 is 0. The molecule has 98 valence electrons. The van der Waals surface area contributed by atoms with Crippen molar-refractivity contribution in [3.63, 3.8) is 0 Å². The number of nitrogens with zero attached hydrogens (tertiary/aromatic N) is 1. The minimum atomic E-state index is -0.105. The van der Waals surface area contributed by atoms with E-state index in [1.165, 1.54) is 0 Å². The number of likely N-dealkylation sites (tertiary alicyclic amines) is 1. The Kier molecular flexibility index (Phi) is 3.81. The Morgan fingerprint density at radius 1 is 1.50 bits per heavy atom. The second-order valence-electron chi connectivity index (χ2n) is 5.00. The molecule has 1 N–H and O–H groups in total. The lowest BCUT2D eigenvalue weighted by atomic mass is 9.98. The van der Waals surface area contributed by atoms with Crippen LogP contribution in [0.15, 0.2) is 18.2 Å². The van der Waals surface area contributed by atoms with Gasteiger partial charge in [0.25, 0.3) is 5.91 Å². The number of amides is 1. The van der Waals surface area contributed by atoms with Gasteiger partial charge in [0.15, 0.2) is 0 Å². The van der Waals surface area contributed by atoms with Crippen molar-refractivity contribution in [1.82, 2.24) is 4.90 Å². The van der Waals surface area contributed by atoms with E-state index < -0.39 is 0 Å². The fourth-order valence-electron chi connectivity index (χ4n) is 2.30. The van der Waals surface area contributed by atoms with Gasteiger partial charge in [0, 0.05) is 18.5 Å². The number of carbonyl (C=O) groups is 1. The predicted molar refractivity (Wildman–Crippen MR) is 72.2 cm³/mol. The lowest BCUT2D eigenvalue weighted by molar-refractivity contribution is 0.0684. The van der Waals surface area contributed by atoms with Crippen LogP contribution >= 0.6 is 11.6 Å². The zero-order valence-electron chi connectivity index (χ0n) is 10.7. The third kappa shape index (κ3) is 2.46. The number of piperidine rings is 1. The summed E-state index contributed by atoms with van der Waals surface area (Å²) in [7, 11) is 0. The Morgan fingerprint density at radius 3 is 2.89 bits per heavy atom. The molecule has 0 aliphatic carbocycles. The summed E-state index contributed by atoms with van der Waals surface area (Å²) in [6, 6.07) is 5.25. The van der Waals surface area contributed by atoms with Crippen molar-refractivity contribution in [3.8, 4) is 5.75 Å². The smallest absolute Gasteiger partial charge is 0.257 e. The zero-order chi connectivity index (χ0) is 13.3. The van der Waals surface area contributed by atoms with E-state index in [4.69, 9.17) is 11.6 Å². The summed E-state index contributed by atoms with van der Waals surface area (Å²) in [6.45, 7) is 5.15. The molecular formula is C14H18ClNO2. The molecule has 2 atom stereocenters. The van der Waals surface area contributed by atoms with Crippen LogP contribution in [0, 0.1) is 12.8 Å². The van der Waals surface area contributed by atoms with Crippen molar-refractivity contribution < 1.29 is 9.90 Å². The molecule has 0 saturated carbocycles. The summed E-state index contributed by atoms with van der Waals surface area (Å²) in [5, 5.41) is 10.1. The number of alkyl halides is 1. The van der Waals surface area contributed by atoms with Crippen molar-refractivity contribution in [2.24, 2.45) is 5.92 Å². The van der Waals surface area contributed by atoms with Gasteiger partial charge in [-0.3, -0.25) is 4.79 Å².